The van der Waals surface area contributed by atoms with Crippen molar-refractivity contribution in [2.24, 2.45) is 0 Å². The lowest BCUT2D eigenvalue weighted by Crippen LogP contribution is -2.15. The largest absolute Gasteiger partial charge is 0.494 e. The van der Waals surface area contributed by atoms with Crippen molar-refractivity contribution >= 4 is 28.2 Å². The molecule has 1 amide bonds. The van der Waals surface area contributed by atoms with Gasteiger partial charge in [-0.15, -0.1) is 11.3 Å². The Balaban J connectivity index is 1.66. The molecule has 0 aliphatic rings. The highest BCUT2D eigenvalue weighted by atomic mass is 32.1. The van der Waals surface area contributed by atoms with E-state index in [2.05, 4.69) is 5.32 Å². The number of hydrogen-bond donors (Lipinski definition) is 1. The van der Waals surface area contributed by atoms with E-state index in [1.54, 1.807) is 24.4 Å². The maximum Gasteiger partial charge on any atom is 0.341 e. The summed E-state index contributed by atoms with van der Waals surface area (Å²) in [5, 5.41) is 4.98. The molecule has 0 aliphatic heterocycles. The number of carbonyl (C=O) groups excluding carboxylic acids is 2. The number of anilines is 1. The van der Waals surface area contributed by atoms with Crippen molar-refractivity contribution in [2.45, 2.75) is 19.8 Å². The SMILES string of the molecule is CCOC(=O)c1c(-c2ccc(F)cc2)csc1NC(=O)CCCOc1ccccc1. The van der Waals surface area contributed by atoms with Crippen molar-refractivity contribution in [3.05, 3.63) is 71.4 Å². The van der Waals surface area contributed by atoms with Crippen molar-refractivity contribution in [3.63, 3.8) is 0 Å². The number of hydrogen-bond acceptors (Lipinski definition) is 5. The Kier molecular flexibility index (Phi) is 7.57. The van der Waals surface area contributed by atoms with Crippen LogP contribution < -0.4 is 10.1 Å². The zero-order chi connectivity index (χ0) is 21.3. The van der Waals surface area contributed by atoms with Gasteiger partial charge in [-0.2, -0.15) is 0 Å². The summed E-state index contributed by atoms with van der Waals surface area (Å²) in [5.74, 6) is -0.354. The van der Waals surface area contributed by atoms with Gasteiger partial charge in [0.15, 0.2) is 0 Å². The molecule has 0 radical (unpaired) electrons. The lowest BCUT2D eigenvalue weighted by atomic mass is 10.0. The molecule has 0 atom stereocenters. The quantitative estimate of drug-likeness (QED) is 0.360. The first-order valence-electron chi connectivity index (χ1n) is 9.60. The highest BCUT2D eigenvalue weighted by molar-refractivity contribution is 7.15. The number of thiophene rings is 1. The van der Waals surface area contributed by atoms with Gasteiger partial charge in [0.2, 0.25) is 5.91 Å². The van der Waals surface area contributed by atoms with E-state index < -0.39 is 5.97 Å². The van der Waals surface area contributed by atoms with Crippen LogP contribution in [0.2, 0.25) is 0 Å². The Morgan fingerprint density at radius 2 is 1.80 bits per heavy atom. The molecule has 1 aromatic heterocycles. The maximum absolute atomic E-state index is 13.3. The minimum absolute atomic E-state index is 0.210. The van der Waals surface area contributed by atoms with Crippen molar-refractivity contribution in [2.75, 3.05) is 18.5 Å². The first-order valence-corrected chi connectivity index (χ1v) is 10.5. The van der Waals surface area contributed by atoms with Crippen molar-refractivity contribution < 1.29 is 23.5 Å². The van der Waals surface area contributed by atoms with E-state index in [9.17, 15) is 14.0 Å². The zero-order valence-electron chi connectivity index (χ0n) is 16.5. The topological polar surface area (TPSA) is 64.6 Å². The summed E-state index contributed by atoms with van der Waals surface area (Å²) >= 11 is 1.24. The highest BCUT2D eigenvalue weighted by Gasteiger charge is 2.22. The molecule has 5 nitrogen and oxygen atoms in total. The van der Waals surface area contributed by atoms with Crippen LogP contribution in [0.1, 0.15) is 30.1 Å². The van der Waals surface area contributed by atoms with Gasteiger partial charge >= 0.3 is 5.97 Å². The van der Waals surface area contributed by atoms with Gasteiger partial charge in [0.05, 0.1) is 13.2 Å². The minimum atomic E-state index is -0.527. The lowest BCUT2D eigenvalue weighted by molar-refractivity contribution is -0.116. The molecule has 1 N–H and O–H groups in total. The van der Waals surface area contributed by atoms with Gasteiger partial charge in [-0.1, -0.05) is 30.3 Å². The summed E-state index contributed by atoms with van der Waals surface area (Å²) in [7, 11) is 0. The maximum atomic E-state index is 13.3. The molecule has 156 valence electrons. The van der Waals surface area contributed by atoms with Gasteiger partial charge in [-0.3, -0.25) is 4.79 Å². The van der Waals surface area contributed by atoms with E-state index >= 15 is 0 Å². The van der Waals surface area contributed by atoms with Crippen LogP contribution >= 0.6 is 11.3 Å². The van der Waals surface area contributed by atoms with E-state index in [-0.39, 0.29) is 30.3 Å². The molecule has 7 heteroatoms. The average molecular weight is 427 g/mol. The van der Waals surface area contributed by atoms with E-state index in [0.29, 0.717) is 29.2 Å². The number of esters is 1. The summed E-state index contributed by atoms with van der Waals surface area (Å²) in [4.78, 5) is 24.9. The molecule has 0 unspecified atom stereocenters. The number of nitrogens with one attached hydrogen (secondary N) is 1. The Bertz CT molecular complexity index is 986. The first-order chi connectivity index (χ1) is 14.6. The fourth-order valence-corrected chi connectivity index (χ4v) is 3.80. The second-order valence-electron chi connectivity index (χ2n) is 6.39. The first kappa shape index (κ1) is 21.5. The van der Waals surface area contributed by atoms with Crippen LogP contribution in [-0.2, 0) is 9.53 Å². The Morgan fingerprint density at radius 3 is 2.50 bits per heavy atom. The second kappa shape index (κ2) is 10.5. The molecule has 0 fully saturated rings. The molecule has 30 heavy (non-hydrogen) atoms. The molecule has 0 saturated carbocycles. The van der Waals surface area contributed by atoms with Gasteiger partial charge < -0.3 is 14.8 Å². The smallest absolute Gasteiger partial charge is 0.341 e. The molecule has 3 aromatic rings. The number of rotatable bonds is 9. The third-order valence-electron chi connectivity index (χ3n) is 4.24. The van der Waals surface area contributed by atoms with Crippen molar-refractivity contribution in [1.82, 2.24) is 0 Å². The van der Waals surface area contributed by atoms with Gasteiger partial charge in [0.1, 0.15) is 22.1 Å². The molecule has 2 aromatic carbocycles. The van der Waals surface area contributed by atoms with Gasteiger partial charge in [0.25, 0.3) is 0 Å². The standard InChI is InChI=1S/C23H22FNO4S/c1-2-28-23(27)21-19(16-10-12-17(24)13-11-16)15-30-22(21)25-20(26)9-6-14-29-18-7-4-3-5-8-18/h3-5,7-8,10-13,15H,2,6,9,14H2,1H3,(H,25,26). The molecule has 0 aliphatic carbocycles. The number of ether oxygens (including phenoxy) is 2. The van der Waals surface area contributed by atoms with Crippen LogP contribution in [0.25, 0.3) is 11.1 Å². The number of carbonyl (C=O) groups is 2. The molecule has 3 rings (SSSR count). The van der Waals surface area contributed by atoms with Gasteiger partial charge in [-0.25, -0.2) is 9.18 Å². The van der Waals surface area contributed by atoms with E-state index in [1.807, 2.05) is 30.3 Å². The van der Waals surface area contributed by atoms with Gasteiger partial charge in [0, 0.05) is 17.4 Å². The van der Waals surface area contributed by atoms with E-state index in [1.165, 1.54) is 23.5 Å². The average Bonchev–Trinajstić information content (AvgIpc) is 3.16. The predicted octanol–water partition coefficient (Wildman–Crippen LogP) is 5.53. The Morgan fingerprint density at radius 1 is 1.07 bits per heavy atom. The molecule has 0 spiro atoms. The molecular weight excluding hydrogens is 405 g/mol. The summed E-state index contributed by atoms with van der Waals surface area (Å²) in [6.45, 7) is 2.34. The molecule has 1 heterocycles. The third kappa shape index (κ3) is 5.67. The minimum Gasteiger partial charge on any atom is -0.494 e. The second-order valence-corrected chi connectivity index (χ2v) is 7.27. The summed E-state index contributed by atoms with van der Waals surface area (Å²) < 4.78 is 24.0. The van der Waals surface area contributed by atoms with Crippen LogP contribution in [0.3, 0.4) is 0 Å². The van der Waals surface area contributed by atoms with Crippen LogP contribution in [0, 0.1) is 5.82 Å². The number of para-hydroxylation sites is 1. The van der Waals surface area contributed by atoms with E-state index in [4.69, 9.17) is 9.47 Å². The van der Waals surface area contributed by atoms with Crippen molar-refractivity contribution in [1.29, 1.82) is 0 Å². The summed E-state index contributed by atoms with van der Waals surface area (Å²) in [5.41, 5.74) is 1.55. The molecule has 0 bridgehead atoms. The predicted molar refractivity (Wildman–Crippen MR) is 115 cm³/mol. The third-order valence-corrected chi connectivity index (χ3v) is 5.13. The normalized spacial score (nSPS) is 10.5. The highest BCUT2D eigenvalue weighted by Crippen LogP contribution is 2.36. The Hall–Kier alpha value is -3.19. The number of benzene rings is 2. The monoisotopic (exact) mass is 427 g/mol. The number of amides is 1. The number of halogens is 1. The van der Waals surface area contributed by atoms with Crippen LogP contribution in [0.5, 0.6) is 5.75 Å². The van der Waals surface area contributed by atoms with Gasteiger partial charge in [-0.05, 0) is 43.2 Å². The molecule has 0 saturated heterocycles. The molecular formula is C23H22FNO4S. The van der Waals surface area contributed by atoms with Crippen LogP contribution in [0.4, 0.5) is 9.39 Å². The summed E-state index contributed by atoms with van der Waals surface area (Å²) in [6.07, 6.45) is 0.782. The van der Waals surface area contributed by atoms with Crippen LogP contribution in [0.15, 0.2) is 60.0 Å². The van der Waals surface area contributed by atoms with Crippen molar-refractivity contribution in [3.8, 4) is 16.9 Å². The van der Waals surface area contributed by atoms with Crippen LogP contribution in [-0.4, -0.2) is 25.1 Å². The fourth-order valence-electron chi connectivity index (χ4n) is 2.83. The van der Waals surface area contributed by atoms with E-state index in [0.717, 1.165) is 5.75 Å². The fraction of sp³-hybridized carbons (Fsp3) is 0.217. The Labute approximate surface area is 178 Å². The summed E-state index contributed by atoms with van der Waals surface area (Å²) in [6, 6.07) is 15.2. The zero-order valence-corrected chi connectivity index (χ0v) is 17.3. The lowest BCUT2D eigenvalue weighted by Gasteiger charge is -2.09.